The van der Waals surface area contributed by atoms with E-state index in [1.807, 2.05) is 36.4 Å². The van der Waals surface area contributed by atoms with Crippen molar-refractivity contribution >= 4 is 21.6 Å². The van der Waals surface area contributed by atoms with Gasteiger partial charge in [-0.2, -0.15) is 0 Å². The lowest BCUT2D eigenvalue weighted by molar-refractivity contribution is -0.122. The van der Waals surface area contributed by atoms with Gasteiger partial charge in [0, 0.05) is 13.0 Å². The molecule has 6 heteroatoms. The molecule has 1 atom stereocenters. The number of amides is 1. The third-order valence-corrected chi connectivity index (χ3v) is 5.65. The molecule has 0 aliphatic rings. The fraction of sp³-hybridized carbons (Fsp3) is 0.409. The second-order valence-electron chi connectivity index (χ2n) is 7.43. The molecular weight excluding hydrogens is 372 g/mol. The minimum absolute atomic E-state index is 0.0335. The summed E-state index contributed by atoms with van der Waals surface area (Å²) in [6, 6.07) is 18.9. The number of para-hydroxylation sites is 1. The van der Waals surface area contributed by atoms with Gasteiger partial charge in [0.25, 0.3) is 0 Å². The molecule has 1 amide bonds. The fourth-order valence-corrected chi connectivity index (χ4v) is 4.13. The number of hydrogen-bond acceptors (Lipinski definition) is 3. The van der Waals surface area contributed by atoms with Gasteiger partial charge >= 0.3 is 0 Å². The molecule has 0 aliphatic carbocycles. The molecule has 2 aromatic carbocycles. The molecule has 28 heavy (non-hydrogen) atoms. The van der Waals surface area contributed by atoms with Crippen LogP contribution < -0.4 is 9.62 Å². The van der Waals surface area contributed by atoms with E-state index < -0.39 is 10.0 Å². The van der Waals surface area contributed by atoms with E-state index in [4.69, 9.17) is 0 Å². The molecule has 1 N–H and O–H groups in total. The van der Waals surface area contributed by atoms with Gasteiger partial charge in [-0.15, -0.1) is 0 Å². The number of nitrogens with zero attached hydrogens (tertiary/aromatic N) is 1. The monoisotopic (exact) mass is 402 g/mol. The molecule has 0 saturated heterocycles. The van der Waals surface area contributed by atoms with Gasteiger partial charge in [0.15, 0.2) is 0 Å². The van der Waals surface area contributed by atoms with Crippen LogP contribution in [0.2, 0.25) is 0 Å². The maximum atomic E-state index is 12.5. The molecule has 0 fully saturated rings. The average Bonchev–Trinajstić information content (AvgIpc) is 2.65. The highest BCUT2D eigenvalue weighted by atomic mass is 32.2. The summed E-state index contributed by atoms with van der Waals surface area (Å²) in [6.45, 7) is 4.54. The molecule has 0 aromatic heterocycles. The molecule has 152 valence electrons. The normalized spacial score (nSPS) is 12.6. The first-order valence-corrected chi connectivity index (χ1v) is 11.5. The van der Waals surface area contributed by atoms with Crippen LogP contribution in [-0.2, 0) is 14.8 Å². The number of rotatable bonds is 10. The van der Waals surface area contributed by atoms with Crippen LogP contribution in [0, 0.1) is 5.92 Å². The summed E-state index contributed by atoms with van der Waals surface area (Å²) >= 11 is 0. The van der Waals surface area contributed by atoms with E-state index in [9.17, 15) is 13.2 Å². The van der Waals surface area contributed by atoms with Gasteiger partial charge in [-0.05, 0) is 36.5 Å². The minimum atomic E-state index is -3.40. The van der Waals surface area contributed by atoms with Crippen molar-refractivity contribution in [2.24, 2.45) is 5.92 Å². The summed E-state index contributed by atoms with van der Waals surface area (Å²) in [5.41, 5.74) is 1.71. The van der Waals surface area contributed by atoms with Crippen molar-refractivity contribution in [3.63, 3.8) is 0 Å². The quantitative estimate of drug-likeness (QED) is 0.650. The second-order valence-corrected chi connectivity index (χ2v) is 9.34. The Bertz CT molecular complexity index is 837. The summed E-state index contributed by atoms with van der Waals surface area (Å²) in [6.07, 6.45) is 2.78. The predicted octanol–water partition coefficient (Wildman–Crippen LogP) is 4.14. The van der Waals surface area contributed by atoms with Crippen LogP contribution >= 0.6 is 0 Å². The highest BCUT2D eigenvalue weighted by Crippen LogP contribution is 2.22. The highest BCUT2D eigenvalue weighted by molar-refractivity contribution is 7.92. The SMILES string of the molecule is CC(C)C[C@@H](NC(=O)CCCN(c1ccccc1)S(C)(=O)=O)c1ccccc1. The lowest BCUT2D eigenvalue weighted by atomic mass is 9.97. The van der Waals surface area contributed by atoms with Crippen molar-refractivity contribution in [2.75, 3.05) is 17.1 Å². The summed E-state index contributed by atoms with van der Waals surface area (Å²) in [5.74, 6) is 0.389. The molecule has 0 spiro atoms. The Labute approximate surface area is 168 Å². The first-order valence-electron chi connectivity index (χ1n) is 9.64. The minimum Gasteiger partial charge on any atom is -0.349 e. The Hall–Kier alpha value is -2.34. The van der Waals surface area contributed by atoms with Gasteiger partial charge in [-0.3, -0.25) is 9.10 Å². The van der Waals surface area contributed by atoms with E-state index >= 15 is 0 Å². The lowest BCUT2D eigenvalue weighted by Gasteiger charge is -2.23. The molecule has 0 bridgehead atoms. The Morgan fingerprint density at radius 3 is 2.11 bits per heavy atom. The van der Waals surface area contributed by atoms with Crippen molar-refractivity contribution in [1.82, 2.24) is 5.32 Å². The summed E-state index contributed by atoms with van der Waals surface area (Å²) < 4.78 is 25.6. The molecular formula is C22H30N2O3S. The van der Waals surface area contributed by atoms with Crippen LogP contribution in [0.5, 0.6) is 0 Å². The molecule has 0 saturated carbocycles. The van der Waals surface area contributed by atoms with Crippen LogP contribution in [0.1, 0.15) is 44.7 Å². The smallest absolute Gasteiger partial charge is 0.232 e. The second kappa shape index (κ2) is 10.3. The fourth-order valence-electron chi connectivity index (χ4n) is 3.17. The molecule has 0 aliphatic heterocycles. The largest absolute Gasteiger partial charge is 0.349 e. The van der Waals surface area contributed by atoms with Crippen molar-refractivity contribution in [2.45, 2.75) is 39.2 Å². The van der Waals surface area contributed by atoms with Gasteiger partial charge in [-0.1, -0.05) is 62.4 Å². The first kappa shape index (κ1) is 22.0. The standard InChI is InChI=1S/C22H30N2O3S/c1-18(2)17-21(19-11-6-4-7-12-19)23-22(25)15-10-16-24(28(3,26)27)20-13-8-5-9-14-20/h4-9,11-14,18,21H,10,15-17H2,1-3H3,(H,23,25)/t21-/m1/s1. The van der Waals surface area contributed by atoms with Crippen LogP contribution in [-0.4, -0.2) is 27.1 Å². The van der Waals surface area contributed by atoms with E-state index in [2.05, 4.69) is 19.2 Å². The van der Waals surface area contributed by atoms with Gasteiger partial charge in [0.05, 0.1) is 18.0 Å². The maximum absolute atomic E-state index is 12.5. The van der Waals surface area contributed by atoms with Crippen LogP contribution in [0.3, 0.4) is 0 Å². The van der Waals surface area contributed by atoms with Crippen molar-refractivity contribution in [3.05, 3.63) is 66.2 Å². The Balaban J connectivity index is 1.96. The number of carbonyl (C=O) groups excluding carboxylic acids is 1. The molecule has 0 heterocycles. The number of carbonyl (C=O) groups is 1. The molecule has 2 aromatic rings. The number of sulfonamides is 1. The molecule has 2 rings (SSSR count). The van der Waals surface area contributed by atoms with E-state index in [0.29, 0.717) is 18.0 Å². The third-order valence-electron chi connectivity index (χ3n) is 4.45. The molecule has 0 unspecified atom stereocenters. The number of benzene rings is 2. The van der Waals surface area contributed by atoms with Crippen LogP contribution in [0.25, 0.3) is 0 Å². The van der Waals surface area contributed by atoms with Gasteiger partial charge in [0.1, 0.15) is 0 Å². The predicted molar refractivity (Wildman–Crippen MR) is 115 cm³/mol. The first-order chi connectivity index (χ1) is 13.3. The summed E-state index contributed by atoms with van der Waals surface area (Å²) in [4.78, 5) is 12.5. The van der Waals surface area contributed by atoms with E-state index in [-0.39, 0.29) is 24.9 Å². The van der Waals surface area contributed by atoms with Crippen LogP contribution in [0.15, 0.2) is 60.7 Å². The van der Waals surface area contributed by atoms with Crippen LogP contribution in [0.4, 0.5) is 5.69 Å². The number of nitrogens with one attached hydrogen (secondary N) is 1. The zero-order chi connectivity index (χ0) is 20.6. The van der Waals surface area contributed by atoms with E-state index in [0.717, 1.165) is 12.0 Å². The lowest BCUT2D eigenvalue weighted by Crippen LogP contribution is -2.33. The zero-order valence-corrected chi connectivity index (χ0v) is 17.7. The Morgan fingerprint density at radius 1 is 1.00 bits per heavy atom. The Morgan fingerprint density at radius 2 is 1.57 bits per heavy atom. The maximum Gasteiger partial charge on any atom is 0.232 e. The topological polar surface area (TPSA) is 66.5 Å². The van der Waals surface area contributed by atoms with E-state index in [1.165, 1.54) is 10.6 Å². The van der Waals surface area contributed by atoms with Gasteiger partial charge in [-0.25, -0.2) is 8.42 Å². The number of hydrogen-bond donors (Lipinski definition) is 1. The van der Waals surface area contributed by atoms with Gasteiger partial charge < -0.3 is 5.32 Å². The number of anilines is 1. The third kappa shape index (κ3) is 7.00. The van der Waals surface area contributed by atoms with Gasteiger partial charge in [0.2, 0.25) is 15.9 Å². The van der Waals surface area contributed by atoms with E-state index in [1.54, 1.807) is 24.3 Å². The average molecular weight is 403 g/mol. The molecule has 0 radical (unpaired) electrons. The highest BCUT2D eigenvalue weighted by Gasteiger charge is 2.19. The Kier molecular flexibility index (Phi) is 8.05. The van der Waals surface area contributed by atoms with Crippen molar-refractivity contribution < 1.29 is 13.2 Å². The molecule has 5 nitrogen and oxygen atoms in total. The summed E-state index contributed by atoms with van der Waals surface area (Å²) in [5, 5.41) is 3.11. The zero-order valence-electron chi connectivity index (χ0n) is 16.8. The summed E-state index contributed by atoms with van der Waals surface area (Å²) in [7, 11) is -3.40. The van der Waals surface area contributed by atoms with Crippen molar-refractivity contribution in [3.8, 4) is 0 Å². The van der Waals surface area contributed by atoms with Crippen molar-refractivity contribution in [1.29, 1.82) is 0 Å².